The molecule has 1 aliphatic heterocycles. The van der Waals surface area contributed by atoms with Gasteiger partial charge in [-0.25, -0.2) is 15.0 Å². The molecule has 0 amide bonds. The zero-order chi connectivity index (χ0) is 13.8. The van der Waals surface area contributed by atoms with E-state index in [0.717, 1.165) is 49.9 Å². The number of rotatable bonds is 5. The molecule has 3 heterocycles. The van der Waals surface area contributed by atoms with Crippen LogP contribution in [0.15, 0.2) is 24.8 Å². The maximum absolute atomic E-state index is 5.40. The molecule has 0 saturated carbocycles. The molecule has 1 saturated heterocycles. The van der Waals surface area contributed by atoms with E-state index in [1.807, 2.05) is 30.1 Å². The van der Waals surface area contributed by atoms with Gasteiger partial charge in [0.2, 0.25) is 0 Å². The van der Waals surface area contributed by atoms with Crippen LogP contribution in [0, 0.1) is 0 Å². The molecule has 0 bridgehead atoms. The number of aromatic nitrogens is 4. The Bertz CT molecular complexity index is 562. The summed E-state index contributed by atoms with van der Waals surface area (Å²) in [6.07, 6.45) is 7.31. The molecule has 2 aromatic heterocycles. The van der Waals surface area contributed by atoms with E-state index >= 15 is 0 Å². The van der Waals surface area contributed by atoms with Crippen molar-refractivity contribution in [3.05, 3.63) is 36.3 Å². The fraction of sp³-hybridized carbons (Fsp3) is 0.500. The fourth-order valence-corrected chi connectivity index (χ4v) is 2.40. The van der Waals surface area contributed by atoms with Crippen LogP contribution in [0.5, 0.6) is 0 Å². The second-order valence-electron chi connectivity index (χ2n) is 5.02. The minimum atomic E-state index is 0.410. The molecule has 0 aliphatic carbocycles. The molecular formula is C14H19N5O. The maximum atomic E-state index is 5.40. The molecule has 1 fully saturated rings. The molecule has 1 aliphatic rings. The zero-order valence-corrected chi connectivity index (χ0v) is 11.6. The Hall–Kier alpha value is -1.95. The summed E-state index contributed by atoms with van der Waals surface area (Å²) in [7, 11) is 2.01. The van der Waals surface area contributed by atoms with Gasteiger partial charge in [0.15, 0.2) is 0 Å². The van der Waals surface area contributed by atoms with Gasteiger partial charge in [-0.05, 0) is 6.42 Å². The number of nitrogens with zero attached hydrogens (tertiary/aromatic N) is 4. The van der Waals surface area contributed by atoms with Gasteiger partial charge in [-0.2, -0.15) is 0 Å². The number of anilines is 1. The van der Waals surface area contributed by atoms with Crippen molar-refractivity contribution < 1.29 is 4.74 Å². The van der Waals surface area contributed by atoms with Crippen LogP contribution in [-0.2, 0) is 18.2 Å². The number of imidazole rings is 1. The summed E-state index contributed by atoms with van der Waals surface area (Å²) in [6, 6.07) is 2.03. The molecule has 0 spiro atoms. The van der Waals surface area contributed by atoms with Crippen molar-refractivity contribution in [1.29, 1.82) is 0 Å². The molecule has 6 heteroatoms. The summed E-state index contributed by atoms with van der Waals surface area (Å²) in [4.78, 5) is 12.9. The van der Waals surface area contributed by atoms with E-state index in [9.17, 15) is 0 Å². The van der Waals surface area contributed by atoms with Gasteiger partial charge in [-0.1, -0.05) is 0 Å². The van der Waals surface area contributed by atoms with Crippen LogP contribution in [-0.4, -0.2) is 39.3 Å². The van der Waals surface area contributed by atoms with Crippen LogP contribution < -0.4 is 5.32 Å². The SMILES string of the molecule is Cn1ccnc1CCNc1cc(C2CCOC2)ncn1. The molecule has 106 valence electrons. The molecule has 0 radical (unpaired) electrons. The highest BCUT2D eigenvalue weighted by Gasteiger charge is 2.19. The van der Waals surface area contributed by atoms with Gasteiger partial charge in [0, 0.05) is 51.0 Å². The lowest BCUT2D eigenvalue weighted by Crippen LogP contribution is -2.10. The molecule has 1 N–H and O–H groups in total. The van der Waals surface area contributed by atoms with Crippen molar-refractivity contribution in [1.82, 2.24) is 19.5 Å². The van der Waals surface area contributed by atoms with Gasteiger partial charge in [0.05, 0.1) is 12.3 Å². The number of nitrogens with one attached hydrogen (secondary N) is 1. The Morgan fingerprint density at radius 1 is 1.40 bits per heavy atom. The normalized spacial score (nSPS) is 18.4. The van der Waals surface area contributed by atoms with E-state index in [0.29, 0.717) is 5.92 Å². The average Bonchev–Trinajstić information content (AvgIpc) is 3.12. The predicted molar refractivity (Wildman–Crippen MR) is 75.6 cm³/mol. The third-order valence-corrected chi connectivity index (χ3v) is 3.61. The van der Waals surface area contributed by atoms with Crippen molar-refractivity contribution in [2.24, 2.45) is 7.05 Å². The first-order chi connectivity index (χ1) is 9.83. The van der Waals surface area contributed by atoms with Gasteiger partial charge in [0.1, 0.15) is 18.0 Å². The Kier molecular flexibility index (Phi) is 3.92. The van der Waals surface area contributed by atoms with Gasteiger partial charge >= 0.3 is 0 Å². The third kappa shape index (κ3) is 2.96. The third-order valence-electron chi connectivity index (χ3n) is 3.61. The summed E-state index contributed by atoms with van der Waals surface area (Å²) in [6.45, 7) is 2.41. The van der Waals surface area contributed by atoms with E-state index in [4.69, 9.17) is 4.74 Å². The van der Waals surface area contributed by atoms with E-state index in [2.05, 4.69) is 20.3 Å². The minimum Gasteiger partial charge on any atom is -0.381 e. The molecule has 1 unspecified atom stereocenters. The van der Waals surface area contributed by atoms with Crippen molar-refractivity contribution in [2.45, 2.75) is 18.8 Å². The fourth-order valence-electron chi connectivity index (χ4n) is 2.40. The van der Waals surface area contributed by atoms with E-state index < -0.39 is 0 Å². The summed E-state index contributed by atoms with van der Waals surface area (Å²) >= 11 is 0. The summed E-state index contributed by atoms with van der Waals surface area (Å²) in [5, 5.41) is 3.33. The monoisotopic (exact) mass is 273 g/mol. The average molecular weight is 273 g/mol. The highest BCUT2D eigenvalue weighted by Crippen LogP contribution is 2.24. The Morgan fingerprint density at radius 3 is 3.10 bits per heavy atom. The Morgan fingerprint density at radius 2 is 2.35 bits per heavy atom. The lowest BCUT2D eigenvalue weighted by Gasteiger charge is -2.09. The van der Waals surface area contributed by atoms with Crippen molar-refractivity contribution in [3.63, 3.8) is 0 Å². The molecule has 1 atom stereocenters. The van der Waals surface area contributed by atoms with Gasteiger partial charge in [-0.3, -0.25) is 0 Å². The molecular weight excluding hydrogens is 254 g/mol. The lowest BCUT2D eigenvalue weighted by molar-refractivity contribution is 0.193. The summed E-state index contributed by atoms with van der Waals surface area (Å²) in [5.41, 5.74) is 1.07. The molecule has 2 aromatic rings. The first-order valence-electron chi connectivity index (χ1n) is 6.92. The largest absolute Gasteiger partial charge is 0.381 e. The van der Waals surface area contributed by atoms with Gasteiger partial charge in [0.25, 0.3) is 0 Å². The van der Waals surface area contributed by atoms with Crippen molar-refractivity contribution in [3.8, 4) is 0 Å². The Balaban J connectivity index is 1.57. The van der Waals surface area contributed by atoms with Gasteiger partial charge in [-0.15, -0.1) is 0 Å². The topological polar surface area (TPSA) is 64.9 Å². The molecule has 20 heavy (non-hydrogen) atoms. The second kappa shape index (κ2) is 6.00. The smallest absolute Gasteiger partial charge is 0.129 e. The van der Waals surface area contributed by atoms with Gasteiger partial charge < -0.3 is 14.6 Å². The quantitative estimate of drug-likeness (QED) is 0.891. The highest BCUT2D eigenvalue weighted by atomic mass is 16.5. The summed E-state index contributed by atoms with van der Waals surface area (Å²) in [5.74, 6) is 2.35. The first kappa shape index (κ1) is 13.1. The first-order valence-corrected chi connectivity index (χ1v) is 6.92. The number of ether oxygens (including phenoxy) is 1. The van der Waals surface area contributed by atoms with E-state index in [-0.39, 0.29) is 0 Å². The highest BCUT2D eigenvalue weighted by molar-refractivity contribution is 5.36. The number of aryl methyl sites for hydroxylation is 1. The number of hydrogen-bond donors (Lipinski definition) is 1. The molecule has 6 nitrogen and oxygen atoms in total. The van der Waals surface area contributed by atoms with Crippen LogP contribution >= 0.6 is 0 Å². The minimum absolute atomic E-state index is 0.410. The van der Waals surface area contributed by atoms with E-state index in [1.54, 1.807) is 6.33 Å². The number of hydrogen-bond acceptors (Lipinski definition) is 5. The lowest BCUT2D eigenvalue weighted by atomic mass is 10.1. The van der Waals surface area contributed by atoms with E-state index in [1.165, 1.54) is 0 Å². The molecule has 3 rings (SSSR count). The van der Waals surface area contributed by atoms with Crippen LogP contribution in [0.25, 0.3) is 0 Å². The van der Waals surface area contributed by atoms with Crippen LogP contribution in [0.4, 0.5) is 5.82 Å². The van der Waals surface area contributed by atoms with Crippen molar-refractivity contribution in [2.75, 3.05) is 25.1 Å². The zero-order valence-electron chi connectivity index (χ0n) is 11.6. The Labute approximate surface area is 118 Å². The van der Waals surface area contributed by atoms with Crippen LogP contribution in [0.1, 0.15) is 23.9 Å². The molecule has 0 aromatic carbocycles. The predicted octanol–water partition coefficient (Wildman–Crippen LogP) is 1.37. The van der Waals surface area contributed by atoms with Crippen LogP contribution in [0.3, 0.4) is 0 Å². The maximum Gasteiger partial charge on any atom is 0.129 e. The van der Waals surface area contributed by atoms with Crippen LogP contribution in [0.2, 0.25) is 0 Å². The standard InChI is InChI=1S/C14H19N5O/c1-19-6-5-16-14(19)2-4-15-13-8-12(17-10-18-13)11-3-7-20-9-11/h5-6,8,10-11H,2-4,7,9H2,1H3,(H,15,17,18). The summed E-state index contributed by atoms with van der Waals surface area (Å²) < 4.78 is 7.43. The second-order valence-corrected chi connectivity index (χ2v) is 5.02. The van der Waals surface area contributed by atoms with Crippen molar-refractivity contribution >= 4 is 5.82 Å².